The maximum absolute atomic E-state index is 13.8. The minimum atomic E-state index is -4.55. The number of aryl methyl sites for hydroxylation is 1. The molecule has 170 valence electrons. The zero-order valence-corrected chi connectivity index (χ0v) is 17.3. The van der Waals surface area contributed by atoms with Gasteiger partial charge in [-0.05, 0) is 37.0 Å². The van der Waals surface area contributed by atoms with E-state index in [2.05, 4.69) is 4.52 Å². The molecule has 1 heterocycles. The largest absolute Gasteiger partial charge is 0.469 e. The van der Waals surface area contributed by atoms with Gasteiger partial charge in [-0.2, -0.15) is 13.2 Å². The minimum Gasteiger partial charge on any atom is -0.337 e. The van der Waals surface area contributed by atoms with Gasteiger partial charge in [0.15, 0.2) is 0 Å². The maximum Gasteiger partial charge on any atom is 0.469 e. The zero-order chi connectivity index (χ0) is 22.4. The number of benzene rings is 1. The number of phosphoric ester groups is 1. The number of carbonyl (C=O) groups is 1. The number of rotatable bonds is 11. The van der Waals surface area contributed by atoms with Crippen molar-refractivity contribution in [1.82, 2.24) is 4.90 Å². The second-order valence-corrected chi connectivity index (χ2v) is 8.63. The number of carbonyl (C=O) groups excluding carboxylic acids is 1. The van der Waals surface area contributed by atoms with Crippen LogP contribution in [0.2, 0.25) is 0 Å². The first kappa shape index (κ1) is 24.8. The average molecular weight is 455 g/mol. The molecule has 1 aliphatic heterocycles. The third-order valence-electron chi connectivity index (χ3n) is 4.95. The van der Waals surface area contributed by atoms with Crippen molar-refractivity contribution in [3.8, 4) is 0 Å². The molecule has 0 aliphatic carbocycles. The molecule has 2 rings (SSSR count). The van der Waals surface area contributed by atoms with Crippen LogP contribution in [0, 0.1) is 5.82 Å². The van der Waals surface area contributed by atoms with Crippen molar-refractivity contribution in [2.75, 3.05) is 13.1 Å². The molecule has 11 heteroatoms. The van der Waals surface area contributed by atoms with Crippen molar-refractivity contribution in [2.45, 2.75) is 63.6 Å². The van der Waals surface area contributed by atoms with Crippen LogP contribution in [0.25, 0.3) is 0 Å². The predicted octanol–water partition coefficient (Wildman–Crippen LogP) is 4.44. The fourth-order valence-corrected chi connectivity index (χ4v) is 3.81. The van der Waals surface area contributed by atoms with E-state index >= 15 is 0 Å². The Morgan fingerprint density at radius 1 is 1.10 bits per heavy atom. The number of hydrogen-bond acceptors (Lipinski definition) is 3. The molecular weight excluding hydrogens is 429 g/mol. The summed E-state index contributed by atoms with van der Waals surface area (Å²) in [6.45, 7) is 0.370. The van der Waals surface area contributed by atoms with Gasteiger partial charge in [-0.15, -0.1) is 0 Å². The van der Waals surface area contributed by atoms with Gasteiger partial charge in [-0.3, -0.25) is 9.32 Å². The Balaban J connectivity index is 1.51. The molecule has 1 fully saturated rings. The van der Waals surface area contributed by atoms with E-state index in [0.717, 1.165) is 31.7 Å². The van der Waals surface area contributed by atoms with Crippen molar-refractivity contribution in [1.29, 1.82) is 0 Å². The molecule has 0 bridgehead atoms. The van der Waals surface area contributed by atoms with Gasteiger partial charge in [-0.25, -0.2) is 8.96 Å². The van der Waals surface area contributed by atoms with Crippen molar-refractivity contribution < 1.29 is 41.2 Å². The standard InChI is InChI=1S/C19H26F4NO5P/c20-17-11-15(19(21,22)23)10-9-14(17)7-5-3-1-2-4-6-8-18(25)24-12-16(13-24)29-30(26,27)28/h9-11,16H,1-8,12-13H2,(H2,26,27,28). The normalized spacial score (nSPS) is 15.3. The fourth-order valence-electron chi connectivity index (χ4n) is 3.29. The monoisotopic (exact) mass is 455 g/mol. The van der Waals surface area contributed by atoms with Crippen LogP contribution in [0.1, 0.15) is 56.1 Å². The first-order valence-corrected chi connectivity index (χ1v) is 11.4. The number of unbranched alkanes of at least 4 members (excludes halogenated alkanes) is 5. The lowest BCUT2D eigenvalue weighted by Gasteiger charge is -2.38. The minimum absolute atomic E-state index is 0.0710. The summed E-state index contributed by atoms with van der Waals surface area (Å²) in [4.78, 5) is 30.8. The van der Waals surface area contributed by atoms with Crippen LogP contribution in [-0.4, -0.2) is 39.8 Å². The summed E-state index contributed by atoms with van der Waals surface area (Å²) in [5.74, 6) is -0.902. The Morgan fingerprint density at radius 2 is 1.70 bits per heavy atom. The van der Waals surface area contributed by atoms with Crippen molar-refractivity contribution in [3.05, 3.63) is 35.1 Å². The van der Waals surface area contributed by atoms with Crippen molar-refractivity contribution >= 4 is 13.7 Å². The summed E-state index contributed by atoms with van der Waals surface area (Å²) in [6, 6.07) is 2.62. The SMILES string of the molecule is O=C(CCCCCCCCc1ccc(C(F)(F)F)cc1F)N1CC(OP(=O)(O)O)C1. The number of likely N-dealkylation sites (tertiary alicyclic amines) is 1. The van der Waals surface area contributed by atoms with Crippen LogP contribution in [0.4, 0.5) is 17.6 Å². The number of phosphoric acid groups is 1. The topological polar surface area (TPSA) is 87.1 Å². The summed E-state index contributed by atoms with van der Waals surface area (Å²) < 4.78 is 66.5. The molecule has 0 unspecified atom stereocenters. The van der Waals surface area contributed by atoms with Crippen LogP contribution in [0.15, 0.2) is 18.2 Å². The van der Waals surface area contributed by atoms with Crippen molar-refractivity contribution in [3.63, 3.8) is 0 Å². The van der Waals surface area contributed by atoms with Crippen LogP contribution in [0.5, 0.6) is 0 Å². The molecule has 1 aliphatic rings. The molecule has 0 aromatic heterocycles. The molecule has 2 N–H and O–H groups in total. The van der Waals surface area contributed by atoms with Crippen LogP contribution >= 0.6 is 7.82 Å². The Morgan fingerprint density at radius 3 is 2.27 bits per heavy atom. The number of halogens is 4. The summed E-state index contributed by atoms with van der Waals surface area (Å²) in [5, 5.41) is 0. The van der Waals surface area contributed by atoms with Gasteiger partial charge in [0.2, 0.25) is 5.91 Å². The third kappa shape index (κ3) is 8.34. The summed E-state index contributed by atoms with van der Waals surface area (Å²) in [6.07, 6.45) is 0.403. The first-order valence-electron chi connectivity index (χ1n) is 9.83. The molecule has 0 saturated carbocycles. The van der Waals surface area contributed by atoms with E-state index in [1.807, 2.05) is 0 Å². The fraction of sp³-hybridized carbons (Fsp3) is 0.632. The molecule has 30 heavy (non-hydrogen) atoms. The van der Waals surface area contributed by atoms with Crippen molar-refractivity contribution in [2.24, 2.45) is 0 Å². The lowest BCUT2D eigenvalue weighted by molar-refractivity contribution is -0.141. The molecule has 1 amide bonds. The predicted molar refractivity (Wildman–Crippen MR) is 101 cm³/mol. The van der Waals surface area contributed by atoms with Gasteiger partial charge in [0.1, 0.15) is 11.9 Å². The quantitative estimate of drug-likeness (QED) is 0.293. The highest BCUT2D eigenvalue weighted by atomic mass is 31.2. The van der Waals surface area contributed by atoms with Gasteiger partial charge in [0, 0.05) is 19.5 Å². The van der Waals surface area contributed by atoms with E-state index < -0.39 is 31.5 Å². The van der Waals surface area contributed by atoms with Gasteiger partial charge in [0.25, 0.3) is 0 Å². The molecule has 1 saturated heterocycles. The lowest BCUT2D eigenvalue weighted by atomic mass is 10.0. The smallest absolute Gasteiger partial charge is 0.337 e. The molecular formula is C19H26F4NO5P. The number of amides is 1. The second-order valence-electron chi connectivity index (χ2n) is 7.44. The van der Waals surface area contributed by atoms with Crippen LogP contribution in [0.3, 0.4) is 0 Å². The molecule has 6 nitrogen and oxygen atoms in total. The number of hydrogen-bond donors (Lipinski definition) is 2. The van der Waals surface area contributed by atoms with E-state index in [9.17, 15) is 26.9 Å². The van der Waals surface area contributed by atoms with E-state index in [-0.39, 0.29) is 24.6 Å². The van der Waals surface area contributed by atoms with Gasteiger partial charge >= 0.3 is 14.0 Å². The first-order chi connectivity index (χ1) is 14.0. The molecule has 0 spiro atoms. The maximum atomic E-state index is 13.8. The van der Waals surface area contributed by atoms with E-state index in [4.69, 9.17) is 9.79 Å². The summed E-state index contributed by atoms with van der Waals surface area (Å²) >= 11 is 0. The number of alkyl halides is 3. The van der Waals surface area contributed by atoms with E-state index in [1.54, 1.807) is 0 Å². The van der Waals surface area contributed by atoms with E-state index in [0.29, 0.717) is 31.7 Å². The lowest BCUT2D eigenvalue weighted by Crippen LogP contribution is -2.54. The Bertz CT molecular complexity index is 762. The third-order valence-corrected chi connectivity index (χ3v) is 5.53. The highest BCUT2D eigenvalue weighted by Crippen LogP contribution is 2.39. The molecule has 1 aromatic rings. The Hall–Kier alpha value is -1.48. The number of nitrogens with zero attached hydrogens (tertiary/aromatic N) is 1. The van der Waals surface area contributed by atoms with Gasteiger partial charge in [-0.1, -0.05) is 31.7 Å². The Kier molecular flexibility index (Phi) is 8.85. The van der Waals surface area contributed by atoms with Crippen LogP contribution < -0.4 is 0 Å². The van der Waals surface area contributed by atoms with Crippen LogP contribution in [-0.2, 0) is 26.5 Å². The van der Waals surface area contributed by atoms with E-state index in [1.165, 1.54) is 11.0 Å². The summed E-state index contributed by atoms with van der Waals surface area (Å²) in [5.41, 5.74) is -0.703. The average Bonchev–Trinajstić information content (AvgIpc) is 2.59. The highest BCUT2D eigenvalue weighted by molar-refractivity contribution is 7.46. The molecule has 1 aromatic carbocycles. The Labute approximate surface area is 172 Å². The zero-order valence-electron chi connectivity index (χ0n) is 16.4. The molecule has 0 atom stereocenters. The second kappa shape index (κ2) is 10.7. The molecule has 0 radical (unpaired) electrons. The summed E-state index contributed by atoms with van der Waals surface area (Å²) in [7, 11) is -4.52. The van der Waals surface area contributed by atoms with Gasteiger partial charge in [0.05, 0.1) is 5.56 Å². The van der Waals surface area contributed by atoms with Gasteiger partial charge < -0.3 is 14.7 Å². The highest BCUT2D eigenvalue weighted by Gasteiger charge is 2.35.